The Labute approximate surface area is 159 Å². The van der Waals surface area contributed by atoms with Gasteiger partial charge >= 0.3 is 0 Å². The minimum Gasteiger partial charge on any atom is -0.497 e. The van der Waals surface area contributed by atoms with Gasteiger partial charge in [-0.2, -0.15) is 4.98 Å². The second kappa shape index (κ2) is 8.07. The number of anilines is 1. The Morgan fingerprint density at radius 2 is 1.96 bits per heavy atom. The van der Waals surface area contributed by atoms with Crippen LogP contribution in [0.3, 0.4) is 0 Å². The van der Waals surface area contributed by atoms with E-state index in [1.807, 2.05) is 12.1 Å². The normalized spacial score (nSPS) is 10.4. The fourth-order valence-corrected chi connectivity index (χ4v) is 2.56. The Kier molecular flexibility index (Phi) is 5.60. The van der Waals surface area contributed by atoms with Crippen LogP contribution in [0.1, 0.15) is 0 Å². The Morgan fingerprint density at radius 3 is 2.65 bits per heavy atom. The summed E-state index contributed by atoms with van der Waals surface area (Å²) in [6.45, 7) is -0.242. The number of H-pyrrole nitrogens is 1. The molecule has 1 heterocycles. The molecule has 0 aliphatic carbocycles. The first kappa shape index (κ1) is 18.0. The number of methoxy groups -OCH3 is 1. The number of nitrogens with zero attached hydrogens (tertiary/aromatic N) is 2. The molecule has 0 unspecified atom stereocenters. The van der Waals surface area contributed by atoms with Crippen LogP contribution in [0.4, 0.5) is 5.95 Å². The number of benzene rings is 2. The Morgan fingerprint density at radius 1 is 1.19 bits per heavy atom. The maximum atomic E-state index is 12.0. The zero-order chi connectivity index (χ0) is 18.5. The molecule has 2 N–H and O–H groups in total. The van der Waals surface area contributed by atoms with Crippen LogP contribution in [0.25, 0.3) is 11.4 Å². The molecule has 1 aromatic heterocycles. The number of aromatic nitrogens is 3. The van der Waals surface area contributed by atoms with Gasteiger partial charge in [-0.05, 0) is 42.5 Å². The van der Waals surface area contributed by atoms with E-state index >= 15 is 0 Å². The van der Waals surface area contributed by atoms with E-state index in [9.17, 15) is 4.79 Å². The fourth-order valence-electron chi connectivity index (χ4n) is 2.09. The molecule has 9 heteroatoms. The van der Waals surface area contributed by atoms with Crippen LogP contribution < -0.4 is 14.8 Å². The highest BCUT2D eigenvalue weighted by molar-refractivity contribution is 6.35. The van der Waals surface area contributed by atoms with E-state index in [0.29, 0.717) is 21.6 Å². The molecule has 7 nitrogen and oxygen atoms in total. The molecule has 0 bridgehead atoms. The quantitative estimate of drug-likeness (QED) is 0.665. The third-order valence-electron chi connectivity index (χ3n) is 3.35. The van der Waals surface area contributed by atoms with Crippen LogP contribution in [0.15, 0.2) is 42.5 Å². The van der Waals surface area contributed by atoms with Gasteiger partial charge in [0.1, 0.15) is 11.5 Å². The van der Waals surface area contributed by atoms with Crippen molar-refractivity contribution in [2.75, 3.05) is 19.0 Å². The van der Waals surface area contributed by atoms with Crippen LogP contribution >= 0.6 is 23.2 Å². The van der Waals surface area contributed by atoms with Gasteiger partial charge in [0.05, 0.1) is 12.1 Å². The molecule has 0 radical (unpaired) electrons. The van der Waals surface area contributed by atoms with E-state index in [4.69, 9.17) is 32.7 Å². The summed E-state index contributed by atoms with van der Waals surface area (Å²) in [5.41, 5.74) is 0.808. The predicted octanol–water partition coefficient (Wildman–Crippen LogP) is 3.80. The molecule has 0 fully saturated rings. The summed E-state index contributed by atoms with van der Waals surface area (Å²) in [5.74, 6) is 1.34. The zero-order valence-electron chi connectivity index (χ0n) is 13.6. The summed E-state index contributed by atoms with van der Waals surface area (Å²) in [7, 11) is 1.59. The van der Waals surface area contributed by atoms with Crippen molar-refractivity contribution < 1.29 is 14.3 Å². The maximum absolute atomic E-state index is 12.0. The SMILES string of the molecule is COc1ccc(-c2nc(NC(=O)COc3ccc(Cl)cc3Cl)n[nH]2)cc1. The van der Waals surface area contributed by atoms with Gasteiger partial charge in [-0.15, -0.1) is 5.10 Å². The summed E-state index contributed by atoms with van der Waals surface area (Å²) in [4.78, 5) is 16.2. The topological polar surface area (TPSA) is 89.1 Å². The van der Waals surface area contributed by atoms with Crippen molar-refractivity contribution >= 4 is 35.1 Å². The number of carbonyl (C=O) groups is 1. The number of nitrogens with one attached hydrogen (secondary N) is 2. The van der Waals surface area contributed by atoms with E-state index in [-0.39, 0.29) is 12.6 Å². The lowest BCUT2D eigenvalue weighted by Gasteiger charge is -2.07. The van der Waals surface area contributed by atoms with Gasteiger partial charge in [-0.25, -0.2) is 0 Å². The standard InChI is InChI=1S/C17H14Cl2N4O3/c1-25-12-5-2-10(3-6-12)16-21-17(23-22-16)20-15(24)9-26-14-7-4-11(18)8-13(14)19/h2-8H,9H2,1H3,(H2,20,21,22,23,24). The Bertz CT molecular complexity index is 913. The molecular formula is C17H14Cl2N4O3. The minimum absolute atomic E-state index is 0.145. The van der Waals surface area contributed by atoms with Crippen LogP contribution in [0.5, 0.6) is 11.5 Å². The maximum Gasteiger partial charge on any atom is 0.264 e. The minimum atomic E-state index is -0.420. The van der Waals surface area contributed by atoms with E-state index in [1.165, 1.54) is 6.07 Å². The van der Waals surface area contributed by atoms with Crippen molar-refractivity contribution in [1.82, 2.24) is 15.2 Å². The monoisotopic (exact) mass is 392 g/mol. The van der Waals surface area contributed by atoms with Crippen LogP contribution in [0.2, 0.25) is 10.0 Å². The fraction of sp³-hybridized carbons (Fsp3) is 0.118. The highest BCUT2D eigenvalue weighted by Crippen LogP contribution is 2.27. The Hall–Kier alpha value is -2.77. The molecule has 0 saturated heterocycles. The highest BCUT2D eigenvalue weighted by Gasteiger charge is 2.11. The summed E-state index contributed by atoms with van der Waals surface area (Å²) in [6, 6.07) is 12.0. The summed E-state index contributed by atoms with van der Waals surface area (Å²) >= 11 is 11.8. The molecule has 0 aliphatic rings. The van der Waals surface area contributed by atoms with Crippen LogP contribution in [-0.2, 0) is 4.79 Å². The van der Waals surface area contributed by atoms with Crippen molar-refractivity contribution in [3.05, 3.63) is 52.5 Å². The number of hydrogen-bond acceptors (Lipinski definition) is 5. The lowest BCUT2D eigenvalue weighted by molar-refractivity contribution is -0.118. The van der Waals surface area contributed by atoms with Crippen molar-refractivity contribution in [3.63, 3.8) is 0 Å². The van der Waals surface area contributed by atoms with Gasteiger partial charge in [0.25, 0.3) is 5.91 Å². The first-order chi connectivity index (χ1) is 12.5. The van der Waals surface area contributed by atoms with Gasteiger partial charge in [0, 0.05) is 10.6 Å². The number of halogens is 2. The molecule has 0 atom stereocenters. The Balaban J connectivity index is 1.58. The van der Waals surface area contributed by atoms with Crippen molar-refractivity contribution in [3.8, 4) is 22.9 Å². The van der Waals surface area contributed by atoms with Crippen LogP contribution in [0, 0.1) is 0 Å². The first-order valence-corrected chi connectivity index (χ1v) is 8.25. The van der Waals surface area contributed by atoms with E-state index < -0.39 is 5.91 Å². The summed E-state index contributed by atoms with van der Waals surface area (Å²) < 4.78 is 10.5. The number of aromatic amines is 1. The van der Waals surface area contributed by atoms with Crippen molar-refractivity contribution in [2.24, 2.45) is 0 Å². The molecule has 3 aromatic rings. The highest BCUT2D eigenvalue weighted by atomic mass is 35.5. The molecule has 26 heavy (non-hydrogen) atoms. The average molecular weight is 393 g/mol. The van der Waals surface area contributed by atoms with E-state index in [1.54, 1.807) is 31.4 Å². The summed E-state index contributed by atoms with van der Waals surface area (Å²) in [6.07, 6.45) is 0. The molecule has 1 amide bonds. The van der Waals surface area contributed by atoms with Gasteiger partial charge in [0.2, 0.25) is 5.95 Å². The van der Waals surface area contributed by atoms with Crippen molar-refractivity contribution in [1.29, 1.82) is 0 Å². The molecule has 0 saturated carbocycles. The third kappa shape index (κ3) is 4.44. The second-order valence-electron chi connectivity index (χ2n) is 5.15. The number of ether oxygens (including phenoxy) is 2. The molecule has 2 aromatic carbocycles. The van der Waals surface area contributed by atoms with Gasteiger partial charge < -0.3 is 9.47 Å². The second-order valence-corrected chi connectivity index (χ2v) is 5.99. The predicted molar refractivity (Wildman–Crippen MR) is 99.0 cm³/mol. The lowest BCUT2D eigenvalue weighted by Crippen LogP contribution is -2.21. The van der Waals surface area contributed by atoms with Gasteiger partial charge in [-0.3, -0.25) is 15.2 Å². The molecule has 134 valence electrons. The number of amides is 1. The van der Waals surface area contributed by atoms with Crippen molar-refractivity contribution in [2.45, 2.75) is 0 Å². The largest absolute Gasteiger partial charge is 0.497 e. The van der Waals surface area contributed by atoms with Gasteiger partial charge in [-0.1, -0.05) is 23.2 Å². The number of hydrogen-bond donors (Lipinski definition) is 2. The first-order valence-electron chi connectivity index (χ1n) is 7.49. The molecule has 0 spiro atoms. The summed E-state index contributed by atoms with van der Waals surface area (Å²) in [5, 5.41) is 10.1. The van der Waals surface area contributed by atoms with Gasteiger partial charge in [0.15, 0.2) is 12.4 Å². The molecule has 3 rings (SSSR count). The molecular weight excluding hydrogens is 379 g/mol. The number of rotatable bonds is 6. The lowest BCUT2D eigenvalue weighted by atomic mass is 10.2. The smallest absolute Gasteiger partial charge is 0.264 e. The average Bonchev–Trinajstić information content (AvgIpc) is 3.09. The molecule has 0 aliphatic heterocycles. The zero-order valence-corrected chi connectivity index (χ0v) is 15.1. The third-order valence-corrected chi connectivity index (χ3v) is 3.88. The number of carbonyl (C=O) groups excluding carboxylic acids is 1. The van der Waals surface area contributed by atoms with E-state index in [0.717, 1.165) is 11.3 Å². The van der Waals surface area contributed by atoms with E-state index in [2.05, 4.69) is 20.5 Å². The van der Waals surface area contributed by atoms with Crippen LogP contribution in [-0.4, -0.2) is 34.8 Å².